The lowest BCUT2D eigenvalue weighted by atomic mass is 10.0. The predicted octanol–water partition coefficient (Wildman–Crippen LogP) is 1.33. The summed E-state index contributed by atoms with van der Waals surface area (Å²) < 4.78 is 10.4. The molecular weight excluding hydrogens is 320 g/mol. The topological polar surface area (TPSA) is 59.1 Å². The van der Waals surface area contributed by atoms with E-state index in [1.807, 2.05) is 17.0 Å². The number of ether oxygens (including phenoxy) is 2. The third-order valence-electron chi connectivity index (χ3n) is 4.98. The largest absolute Gasteiger partial charge is 0.427 e. The Hall–Kier alpha value is -1.92. The van der Waals surface area contributed by atoms with Crippen molar-refractivity contribution in [3.8, 4) is 5.75 Å². The van der Waals surface area contributed by atoms with E-state index in [9.17, 15) is 9.59 Å². The molecule has 2 atom stereocenters. The first kappa shape index (κ1) is 17.9. The molecule has 0 spiro atoms. The molecular formula is C19H26N2O4. The summed E-state index contributed by atoms with van der Waals surface area (Å²) in [5.74, 6) is 0.797. The number of carbonyl (C=O) groups is 2. The summed E-state index contributed by atoms with van der Waals surface area (Å²) >= 11 is 0. The average molecular weight is 346 g/mol. The fourth-order valence-corrected chi connectivity index (χ4v) is 3.67. The minimum atomic E-state index is -0.343. The molecule has 2 aliphatic heterocycles. The number of benzene rings is 1. The van der Waals surface area contributed by atoms with Crippen LogP contribution in [0, 0.1) is 5.92 Å². The van der Waals surface area contributed by atoms with Crippen LogP contribution in [0.25, 0.3) is 0 Å². The Labute approximate surface area is 148 Å². The van der Waals surface area contributed by atoms with Gasteiger partial charge in [0.15, 0.2) is 0 Å². The van der Waals surface area contributed by atoms with Crippen LogP contribution >= 0.6 is 0 Å². The molecule has 2 saturated heterocycles. The molecule has 6 nitrogen and oxygen atoms in total. The maximum Gasteiger partial charge on any atom is 0.308 e. The van der Waals surface area contributed by atoms with Gasteiger partial charge in [0.05, 0.1) is 19.6 Å². The standard InChI is InChI=1S/C19H26N2O4/c1-14-12-21(13-18(14)20-7-9-24-10-8-20)19(23)11-16-3-5-17(6-4-16)25-15(2)22/h3-6,14,18H,7-13H2,1-2H3/t14-,18-/m0/s1. The molecule has 3 rings (SSSR count). The molecule has 0 aromatic heterocycles. The van der Waals surface area contributed by atoms with Gasteiger partial charge in [0.1, 0.15) is 5.75 Å². The SMILES string of the molecule is CC(=O)Oc1ccc(CC(=O)N2C[C@H](C)[C@@H](N3CCOCC3)C2)cc1. The van der Waals surface area contributed by atoms with E-state index in [1.165, 1.54) is 6.92 Å². The van der Waals surface area contributed by atoms with Crippen LogP contribution in [0.1, 0.15) is 19.4 Å². The molecule has 0 radical (unpaired) electrons. The summed E-state index contributed by atoms with van der Waals surface area (Å²) in [6.07, 6.45) is 0.378. The molecule has 1 amide bonds. The summed E-state index contributed by atoms with van der Waals surface area (Å²) in [7, 11) is 0. The van der Waals surface area contributed by atoms with Gasteiger partial charge in [-0.3, -0.25) is 14.5 Å². The second-order valence-corrected chi connectivity index (χ2v) is 6.91. The lowest BCUT2D eigenvalue weighted by Gasteiger charge is -2.34. The maximum atomic E-state index is 12.6. The molecule has 136 valence electrons. The Morgan fingerprint density at radius 2 is 1.84 bits per heavy atom. The van der Waals surface area contributed by atoms with Crippen molar-refractivity contribution in [1.29, 1.82) is 0 Å². The Kier molecular flexibility index (Phi) is 5.71. The number of amides is 1. The van der Waals surface area contributed by atoms with E-state index < -0.39 is 0 Å². The molecule has 1 aromatic rings. The van der Waals surface area contributed by atoms with Gasteiger partial charge in [-0.15, -0.1) is 0 Å². The molecule has 0 N–H and O–H groups in total. The number of esters is 1. The van der Waals surface area contributed by atoms with Crippen molar-refractivity contribution in [2.75, 3.05) is 39.4 Å². The molecule has 1 aromatic carbocycles. The summed E-state index contributed by atoms with van der Waals surface area (Å²) in [6, 6.07) is 7.57. The quantitative estimate of drug-likeness (QED) is 0.608. The lowest BCUT2D eigenvalue weighted by Crippen LogP contribution is -2.47. The lowest BCUT2D eigenvalue weighted by molar-refractivity contribution is -0.132. The van der Waals surface area contributed by atoms with Gasteiger partial charge in [-0.05, 0) is 23.6 Å². The van der Waals surface area contributed by atoms with Crippen molar-refractivity contribution in [3.05, 3.63) is 29.8 Å². The van der Waals surface area contributed by atoms with Crippen molar-refractivity contribution in [3.63, 3.8) is 0 Å². The Bertz CT molecular complexity index is 610. The van der Waals surface area contributed by atoms with Gasteiger partial charge in [0.2, 0.25) is 5.91 Å². The molecule has 0 bridgehead atoms. The summed E-state index contributed by atoms with van der Waals surface area (Å²) in [4.78, 5) is 28.0. The van der Waals surface area contributed by atoms with E-state index in [-0.39, 0.29) is 11.9 Å². The van der Waals surface area contributed by atoms with Crippen molar-refractivity contribution < 1.29 is 19.1 Å². The number of nitrogens with zero attached hydrogens (tertiary/aromatic N) is 2. The second kappa shape index (κ2) is 7.97. The molecule has 2 heterocycles. The van der Waals surface area contributed by atoms with Crippen LogP contribution in [-0.4, -0.2) is 67.1 Å². The number of likely N-dealkylation sites (tertiary alicyclic amines) is 1. The van der Waals surface area contributed by atoms with Crippen LogP contribution in [0.15, 0.2) is 24.3 Å². The third kappa shape index (κ3) is 4.58. The highest BCUT2D eigenvalue weighted by Gasteiger charge is 2.36. The fraction of sp³-hybridized carbons (Fsp3) is 0.579. The first-order valence-corrected chi connectivity index (χ1v) is 8.90. The summed E-state index contributed by atoms with van der Waals surface area (Å²) in [6.45, 7) is 8.68. The van der Waals surface area contributed by atoms with E-state index in [4.69, 9.17) is 9.47 Å². The Morgan fingerprint density at radius 1 is 1.16 bits per heavy atom. The summed E-state index contributed by atoms with van der Waals surface area (Å²) in [5.41, 5.74) is 0.934. The molecule has 0 saturated carbocycles. The zero-order valence-electron chi connectivity index (χ0n) is 14.9. The number of hydrogen-bond acceptors (Lipinski definition) is 5. The van der Waals surface area contributed by atoms with Crippen molar-refractivity contribution in [1.82, 2.24) is 9.80 Å². The maximum absolute atomic E-state index is 12.6. The minimum Gasteiger partial charge on any atom is -0.427 e. The van der Waals surface area contributed by atoms with Gasteiger partial charge in [-0.1, -0.05) is 19.1 Å². The summed E-state index contributed by atoms with van der Waals surface area (Å²) in [5, 5.41) is 0. The van der Waals surface area contributed by atoms with Crippen LogP contribution in [0.5, 0.6) is 5.75 Å². The van der Waals surface area contributed by atoms with Crippen LogP contribution in [0.3, 0.4) is 0 Å². The second-order valence-electron chi connectivity index (χ2n) is 6.91. The van der Waals surface area contributed by atoms with Gasteiger partial charge in [-0.2, -0.15) is 0 Å². The van der Waals surface area contributed by atoms with Crippen molar-refractivity contribution in [2.45, 2.75) is 26.3 Å². The Morgan fingerprint density at radius 3 is 2.48 bits per heavy atom. The molecule has 2 fully saturated rings. The number of morpholine rings is 1. The molecule has 2 aliphatic rings. The van der Waals surface area contributed by atoms with Crippen molar-refractivity contribution >= 4 is 11.9 Å². The first-order valence-electron chi connectivity index (χ1n) is 8.90. The first-order chi connectivity index (χ1) is 12.0. The van der Waals surface area contributed by atoms with Crippen LogP contribution < -0.4 is 4.74 Å². The van der Waals surface area contributed by atoms with Crippen LogP contribution in [0.2, 0.25) is 0 Å². The van der Waals surface area contributed by atoms with Gasteiger partial charge >= 0.3 is 5.97 Å². The molecule has 0 unspecified atom stereocenters. The van der Waals surface area contributed by atoms with E-state index >= 15 is 0 Å². The smallest absolute Gasteiger partial charge is 0.308 e. The van der Waals surface area contributed by atoms with Gasteiger partial charge < -0.3 is 14.4 Å². The predicted molar refractivity (Wildman–Crippen MR) is 93.4 cm³/mol. The Balaban J connectivity index is 1.55. The molecule has 6 heteroatoms. The van der Waals surface area contributed by atoms with Gasteiger partial charge in [-0.25, -0.2) is 0 Å². The highest BCUT2D eigenvalue weighted by atomic mass is 16.5. The van der Waals surface area contributed by atoms with Crippen LogP contribution in [0.4, 0.5) is 0 Å². The fourth-order valence-electron chi connectivity index (χ4n) is 3.67. The van der Waals surface area contributed by atoms with Crippen LogP contribution in [-0.2, 0) is 20.7 Å². The highest BCUT2D eigenvalue weighted by molar-refractivity contribution is 5.79. The average Bonchev–Trinajstić information content (AvgIpc) is 2.99. The van der Waals surface area contributed by atoms with E-state index in [0.717, 1.165) is 45.0 Å². The normalized spacial score (nSPS) is 24.3. The third-order valence-corrected chi connectivity index (χ3v) is 4.98. The van der Waals surface area contributed by atoms with E-state index in [2.05, 4.69) is 11.8 Å². The molecule has 0 aliphatic carbocycles. The zero-order chi connectivity index (χ0) is 17.8. The van der Waals surface area contributed by atoms with Crippen molar-refractivity contribution in [2.24, 2.45) is 5.92 Å². The van der Waals surface area contributed by atoms with E-state index in [1.54, 1.807) is 12.1 Å². The number of carbonyl (C=O) groups excluding carboxylic acids is 2. The van der Waals surface area contributed by atoms with E-state index in [0.29, 0.717) is 24.1 Å². The number of rotatable bonds is 4. The molecule has 25 heavy (non-hydrogen) atoms. The van der Waals surface area contributed by atoms with Gasteiger partial charge in [0, 0.05) is 39.1 Å². The highest BCUT2D eigenvalue weighted by Crippen LogP contribution is 2.23. The van der Waals surface area contributed by atoms with Gasteiger partial charge in [0.25, 0.3) is 0 Å². The monoisotopic (exact) mass is 346 g/mol. The minimum absolute atomic E-state index is 0.155. The number of hydrogen-bond donors (Lipinski definition) is 0. The zero-order valence-corrected chi connectivity index (χ0v) is 14.9.